The molecule has 1 aromatic carbocycles. The Hall–Kier alpha value is -1.21. The number of thiophene rings is 1. The zero-order valence-electron chi connectivity index (χ0n) is 11.7. The van der Waals surface area contributed by atoms with Crippen molar-refractivity contribution in [1.82, 2.24) is 0 Å². The molecule has 0 atom stereocenters. The molecule has 1 heterocycles. The van der Waals surface area contributed by atoms with Gasteiger partial charge in [-0.05, 0) is 29.1 Å². The molecule has 0 saturated carbocycles. The van der Waals surface area contributed by atoms with E-state index in [1.165, 1.54) is 4.88 Å². The van der Waals surface area contributed by atoms with Gasteiger partial charge in [-0.15, -0.1) is 11.3 Å². The third-order valence-corrected chi connectivity index (χ3v) is 5.72. The number of hydrogen-bond donors (Lipinski definition) is 1. The fourth-order valence-electron chi connectivity index (χ4n) is 1.85. The molecule has 2 aromatic rings. The molecule has 114 valence electrons. The van der Waals surface area contributed by atoms with E-state index < -0.39 is 9.84 Å². The largest absolute Gasteiger partial charge is 0.380 e. The molecule has 0 aliphatic rings. The van der Waals surface area contributed by atoms with Gasteiger partial charge in [0.15, 0.2) is 9.84 Å². The first-order valence-electron chi connectivity index (χ1n) is 6.74. The average molecular weight is 325 g/mol. The zero-order valence-corrected chi connectivity index (χ0v) is 13.3. The molecule has 0 bridgehead atoms. The second-order valence-electron chi connectivity index (χ2n) is 4.61. The molecule has 0 amide bonds. The van der Waals surface area contributed by atoms with E-state index >= 15 is 0 Å². The van der Waals surface area contributed by atoms with E-state index in [1.807, 2.05) is 17.5 Å². The molecule has 0 spiro atoms. The van der Waals surface area contributed by atoms with Crippen LogP contribution in [0.2, 0.25) is 0 Å². The first-order valence-corrected chi connectivity index (χ1v) is 9.27. The van der Waals surface area contributed by atoms with E-state index in [0.29, 0.717) is 18.0 Å². The second kappa shape index (κ2) is 7.70. The summed E-state index contributed by atoms with van der Waals surface area (Å²) in [5.41, 5.74) is 6.41. The van der Waals surface area contributed by atoms with Crippen molar-refractivity contribution < 1.29 is 13.2 Å². The Kier molecular flexibility index (Phi) is 5.93. The maximum absolute atomic E-state index is 12.1. The molecular weight excluding hydrogens is 306 g/mol. The van der Waals surface area contributed by atoms with Crippen molar-refractivity contribution >= 4 is 21.2 Å². The van der Waals surface area contributed by atoms with Crippen molar-refractivity contribution in [2.45, 2.75) is 17.9 Å². The van der Waals surface area contributed by atoms with Crippen LogP contribution in [-0.4, -0.2) is 27.4 Å². The smallest absolute Gasteiger partial charge is 0.180 e. The van der Waals surface area contributed by atoms with Crippen molar-refractivity contribution in [2.24, 2.45) is 5.73 Å². The molecule has 0 fully saturated rings. The molecule has 1 aromatic heterocycles. The van der Waals surface area contributed by atoms with Crippen LogP contribution in [0.5, 0.6) is 0 Å². The van der Waals surface area contributed by atoms with Crippen LogP contribution in [0.3, 0.4) is 0 Å². The number of benzene rings is 1. The summed E-state index contributed by atoms with van der Waals surface area (Å²) in [6.45, 7) is 1.17. The summed E-state index contributed by atoms with van der Waals surface area (Å²) < 4.78 is 29.6. The minimum atomic E-state index is -3.28. The van der Waals surface area contributed by atoms with Crippen molar-refractivity contribution in [3.05, 3.63) is 52.2 Å². The minimum Gasteiger partial charge on any atom is -0.380 e. The molecule has 2 rings (SSSR count). The molecule has 4 nitrogen and oxygen atoms in total. The lowest BCUT2D eigenvalue weighted by Gasteiger charge is -2.06. The van der Waals surface area contributed by atoms with Gasteiger partial charge in [0.1, 0.15) is 0 Å². The number of hydrogen-bond acceptors (Lipinski definition) is 5. The number of ether oxygens (including phenoxy) is 1. The fourth-order valence-corrected chi connectivity index (χ4v) is 3.66. The molecule has 0 saturated heterocycles. The number of sulfone groups is 1. The quantitative estimate of drug-likeness (QED) is 0.756. The monoisotopic (exact) mass is 325 g/mol. The van der Waals surface area contributed by atoms with Crippen LogP contribution in [0.25, 0.3) is 0 Å². The Balaban J connectivity index is 1.78. The summed E-state index contributed by atoms with van der Waals surface area (Å²) in [4.78, 5) is 1.57. The van der Waals surface area contributed by atoms with Gasteiger partial charge in [-0.1, -0.05) is 18.2 Å². The summed E-state index contributed by atoms with van der Waals surface area (Å²) >= 11 is 1.68. The number of nitrogens with two attached hydrogens (primary N) is 1. The lowest BCUT2D eigenvalue weighted by molar-refractivity contribution is 0.153. The predicted octanol–water partition coefficient (Wildman–Crippen LogP) is 2.24. The van der Waals surface area contributed by atoms with Crippen molar-refractivity contribution in [2.75, 3.05) is 19.0 Å². The van der Waals surface area contributed by atoms with Gasteiger partial charge < -0.3 is 10.5 Å². The molecule has 0 aliphatic carbocycles. The SMILES string of the molecule is NCc1ccc(S(=O)(=O)CCOCCc2cccs2)cc1. The highest BCUT2D eigenvalue weighted by Gasteiger charge is 2.13. The van der Waals surface area contributed by atoms with E-state index in [0.717, 1.165) is 12.0 Å². The van der Waals surface area contributed by atoms with E-state index in [-0.39, 0.29) is 12.4 Å². The average Bonchev–Trinajstić information content (AvgIpc) is 3.00. The van der Waals surface area contributed by atoms with Crippen LogP contribution in [-0.2, 0) is 27.5 Å². The molecule has 2 N–H and O–H groups in total. The molecule has 0 aliphatic heterocycles. The summed E-state index contributed by atoms with van der Waals surface area (Å²) in [5.74, 6) is -0.000583. The van der Waals surface area contributed by atoms with Crippen molar-refractivity contribution in [3.8, 4) is 0 Å². The fraction of sp³-hybridized carbons (Fsp3) is 0.333. The van der Waals surface area contributed by atoms with Crippen LogP contribution in [0.1, 0.15) is 10.4 Å². The minimum absolute atomic E-state index is 0.000583. The van der Waals surface area contributed by atoms with Gasteiger partial charge in [0.2, 0.25) is 0 Å². The van der Waals surface area contributed by atoms with E-state index in [2.05, 4.69) is 0 Å². The molecule has 21 heavy (non-hydrogen) atoms. The highest BCUT2D eigenvalue weighted by molar-refractivity contribution is 7.91. The van der Waals surface area contributed by atoms with Gasteiger partial charge in [0.05, 0.1) is 23.9 Å². The lowest BCUT2D eigenvalue weighted by Crippen LogP contribution is -2.13. The molecule has 0 unspecified atom stereocenters. The van der Waals surface area contributed by atoms with Gasteiger partial charge in [-0.2, -0.15) is 0 Å². The van der Waals surface area contributed by atoms with E-state index in [4.69, 9.17) is 10.5 Å². The first-order chi connectivity index (χ1) is 10.1. The Bertz CT molecular complexity index is 634. The molecule has 6 heteroatoms. The van der Waals surface area contributed by atoms with Gasteiger partial charge in [-0.3, -0.25) is 0 Å². The summed E-state index contributed by atoms with van der Waals surface area (Å²) in [5, 5.41) is 2.02. The Morgan fingerprint density at radius 1 is 1.10 bits per heavy atom. The van der Waals surface area contributed by atoms with Crippen LogP contribution in [0.4, 0.5) is 0 Å². The Labute approximate surface area is 129 Å². The third kappa shape index (κ3) is 4.93. The zero-order chi connectivity index (χ0) is 15.1. The van der Waals surface area contributed by atoms with Crippen LogP contribution < -0.4 is 5.73 Å². The van der Waals surface area contributed by atoms with Crippen LogP contribution in [0, 0.1) is 0 Å². The third-order valence-electron chi connectivity index (χ3n) is 3.09. The highest BCUT2D eigenvalue weighted by Crippen LogP contribution is 2.13. The second-order valence-corrected chi connectivity index (χ2v) is 7.75. The molecule has 0 radical (unpaired) electrons. The highest BCUT2D eigenvalue weighted by atomic mass is 32.2. The summed E-state index contributed by atoms with van der Waals surface area (Å²) in [7, 11) is -3.28. The van der Waals surface area contributed by atoms with Gasteiger partial charge in [-0.25, -0.2) is 8.42 Å². The van der Waals surface area contributed by atoms with Crippen molar-refractivity contribution in [3.63, 3.8) is 0 Å². The van der Waals surface area contributed by atoms with Gasteiger partial charge in [0, 0.05) is 17.8 Å². The van der Waals surface area contributed by atoms with Crippen LogP contribution >= 0.6 is 11.3 Å². The standard InChI is InChI=1S/C15H19NO3S2/c16-12-13-3-5-15(6-4-13)21(17,18)11-9-19-8-7-14-2-1-10-20-14/h1-6,10H,7-9,11-12,16H2. The maximum atomic E-state index is 12.1. The Morgan fingerprint density at radius 2 is 1.86 bits per heavy atom. The summed E-state index contributed by atoms with van der Waals surface area (Å²) in [6, 6.07) is 10.7. The van der Waals surface area contributed by atoms with Gasteiger partial charge >= 0.3 is 0 Å². The Morgan fingerprint density at radius 3 is 2.48 bits per heavy atom. The predicted molar refractivity (Wildman–Crippen MR) is 85.2 cm³/mol. The summed E-state index contributed by atoms with van der Waals surface area (Å²) in [6.07, 6.45) is 0.822. The molecular formula is C15H19NO3S2. The lowest BCUT2D eigenvalue weighted by atomic mass is 10.2. The van der Waals surface area contributed by atoms with Gasteiger partial charge in [0.25, 0.3) is 0 Å². The van der Waals surface area contributed by atoms with Crippen LogP contribution in [0.15, 0.2) is 46.7 Å². The van der Waals surface area contributed by atoms with E-state index in [1.54, 1.807) is 35.6 Å². The topological polar surface area (TPSA) is 69.4 Å². The number of rotatable bonds is 8. The van der Waals surface area contributed by atoms with E-state index in [9.17, 15) is 8.42 Å². The maximum Gasteiger partial charge on any atom is 0.180 e. The van der Waals surface area contributed by atoms with Crippen molar-refractivity contribution in [1.29, 1.82) is 0 Å². The normalized spacial score (nSPS) is 11.7. The first kappa shape index (κ1) is 16.2.